The number of benzene rings is 1. The molecular formula is C19H22N4O3S2. The number of carbonyl (C=O) groups excluding carboxylic acids is 3. The van der Waals surface area contributed by atoms with E-state index >= 15 is 0 Å². The van der Waals surface area contributed by atoms with Gasteiger partial charge in [0, 0.05) is 49.7 Å². The van der Waals surface area contributed by atoms with Crippen LogP contribution in [0.2, 0.25) is 0 Å². The second-order valence-corrected chi connectivity index (χ2v) is 8.27. The molecule has 1 aliphatic heterocycles. The van der Waals surface area contributed by atoms with Crippen molar-refractivity contribution in [3.05, 3.63) is 35.2 Å². The predicted octanol–water partition coefficient (Wildman–Crippen LogP) is 2.99. The third-order valence-electron chi connectivity index (χ3n) is 4.24. The monoisotopic (exact) mass is 418 g/mol. The Kier molecular flexibility index (Phi) is 7.05. The zero-order chi connectivity index (χ0) is 19.9. The molecule has 1 aromatic heterocycles. The van der Waals surface area contributed by atoms with E-state index in [9.17, 15) is 14.4 Å². The van der Waals surface area contributed by atoms with Crippen molar-refractivity contribution in [2.24, 2.45) is 0 Å². The second kappa shape index (κ2) is 9.70. The number of carbonyl (C=O) groups is 3. The Labute approximate surface area is 171 Å². The number of hydrogen-bond donors (Lipinski definition) is 2. The van der Waals surface area contributed by atoms with E-state index in [0.29, 0.717) is 24.8 Å². The fourth-order valence-corrected chi connectivity index (χ4v) is 4.32. The number of thiazole rings is 1. The SMILES string of the molecule is CC(=O)NCCc1ccc(-c2csc(NC(=O)CCN3CCSC3=O)n2)cc1. The molecule has 28 heavy (non-hydrogen) atoms. The van der Waals surface area contributed by atoms with E-state index in [1.54, 1.807) is 4.90 Å². The zero-order valence-electron chi connectivity index (χ0n) is 15.6. The first-order valence-electron chi connectivity index (χ1n) is 9.02. The van der Waals surface area contributed by atoms with Gasteiger partial charge in [0.15, 0.2) is 5.13 Å². The minimum absolute atomic E-state index is 0.0282. The topological polar surface area (TPSA) is 91.4 Å². The summed E-state index contributed by atoms with van der Waals surface area (Å²) in [4.78, 5) is 40.7. The average Bonchev–Trinajstić information content (AvgIpc) is 3.29. The molecule has 0 saturated carbocycles. The summed E-state index contributed by atoms with van der Waals surface area (Å²) in [5.74, 6) is 0.626. The van der Waals surface area contributed by atoms with Crippen molar-refractivity contribution in [2.75, 3.05) is 30.7 Å². The summed E-state index contributed by atoms with van der Waals surface area (Å²) in [6, 6.07) is 8.00. The molecular weight excluding hydrogens is 396 g/mol. The Balaban J connectivity index is 1.49. The van der Waals surface area contributed by atoms with Crippen LogP contribution in [0.3, 0.4) is 0 Å². The minimum atomic E-state index is -0.140. The summed E-state index contributed by atoms with van der Waals surface area (Å²) in [6.45, 7) is 3.27. The van der Waals surface area contributed by atoms with Crippen molar-refractivity contribution >= 4 is 45.3 Å². The van der Waals surface area contributed by atoms with E-state index in [4.69, 9.17) is 0 Å². The van der Waals surface area contributed by atoms with Crippen LogP contribution < -0.4 is 10.6 Å². The van der Waals surface area contributed by atoms with Gasteiger partial charge >= 0.3 is 0 Å². The number of amides is 3. The van der Waals surface area contributed by atoms with Gasteiger partial charge in [0.05, 0.1) is 5.69 Å². The van der Waals surface area contributed by atoms with Crippen LogP contribution >= 0.6 is 23.1 Å². The molecule has 148 valence electrons. The summed E-state index contributed by atoms with van der Waals surface area (Å²) in [6.07, 6.45) is 1.04. The lowest BCUT2D eigenvalue weighted by Crippen LogP contribution is -2.27. The van der Waals surface area contributed by atoms with E-state index < -0.39 is 0 Å². The molecule has 1 aliphatic rings. The first-order valence-corrected chi connectivity index (χ1v) is 10.9. The van der Waals surface area contributed by atoms with Gasteiger partial charge in [-0.3, -0.25) is 14.4 Å². The maximum Gasteiger partial charge on any atom is 0.281 e. The van der Waals surface area contributed by atoms with E-state index in [1.165, 1.54) is 30.0 Å². The Morgan fingerprint density at radius 1 is 1.25 bits per heavy atom. The third kappa shape index (κ3) is 5.80. The van der Waals surface area contributed by atoms with Crippen LogP contribution in [-0.4, -0.2) is 52.3 Å². The smallest absolute Gasteiger partial charge is 0.281 e. The normalized spacial score (nSPS) is 13.6. The molecule has 2 N–H and O–H groups in total. The summed E-state index contributed by atoms with van der Waals surface area (Å²) in [5.41, 5.74) is 2.91. The van der Waals surface area contributed by atoms with E-state index in [-0.39, 0.29) is 23.5 Å². The molecule has 7 nitrogen and oxygen atoms in total. The molecule has 0 radical (unpaired) electrons. The van der Waals surface area contributed by atoms with Crippen molar-refractivity contribution in [1.82, 2.24) is 15.2 Å². The fraction of sp³-hybridized carbons (Fsp3) is 0.368. The minimum Gasteiger partial charge on any atom is -0.356 e. The van der Waals surface area contributed by atoms with Crippen LogP contribution in [0.4, 0.5) is 9.93 Å². The van der Waals surface area contributed by atoms with Crippen molar-refractivity contribution in [1.29, 1.82) is 0 Å². The predicted molar refractivity (Wildman–Crippen MR) is 113 cm³/mol. The molecule has 0 aliphatic carbocycles. The largest absolute Gasteiger partial charge is 0.356 e. The number of thioether (sulfide) groups is 1. The maximum absolute atomic E-state index is 12.1. The van der Waals surface area contributed by atoms with Gasteiger partial charge in [0.25, 0.3) is 5.24 Å². The Bertz CT molecular complexity index is 851. The molecule has 3 amide bonds. The van der Waals surface area contributed by atoms with Gasteiger partial charge in [-0.15, -0.1) is 11.3 Å². The highest BCUT2D eigenvalue weighted by atomic mass is 32.2. The lowest BCUT2D eigenvalue weighted by atomic mass is 10.1. The highest BCUT2D eigenvalue weighted by Crippen LogP contribution is 2.25. The average molecular weight is 419 g/mol. The molecule has 9 heteroatoms. The first kappa shape index (κ1) is 20.3. The van der Waals surface area contributed by atoms with Crippen molar-refractivity contribution in [3.63, 3.8) is 0 Å². The molecule has 2 heterocycles. The van der Waals surface area contributed by atoms with Crippen molar-refractivity contribution in [2.45, 2.75) is 19.8 Å². The number of rotatable bonds is 8. The quantitative estimate of drug-likeness (QED) is 0.688. The molecule has 3 rings (SSSR count). The molecule has 1 saturated heterocycles. The molecule has 1 fully saturated rings. The molecule has 0 spiro atoms. The number of nitrogens with one attached hydrogen (secondary N) is 2. The molecule has 2 aromatic rings. The fourth-order valence-electron chi connectivity index (χ4n) is 2.74. The summed E-state index contributed by atoms with van der Waals surface area (Å²) >= 11 is 2.67. The standard InChI is InChI=1S/C19H22N4O3S2/c1-13(24)20-8-6-14-2-4-15(5-3-14)16-12-28-18(21-16)22-17(25)7-9-23-10-11-27-19(23)26/h2-5,12H,6-11H2,1H3,(H,20,24)(H,21,22,25). The van der Waals surface area contributed by atoms with Crippen LogP contribution in [0.25, 0.3) is 11.3 Å². The van der Waals surface area contributed by atoms with E-state index in [1.807, 2.05) is 29.6 Å². The van der Waals surface area contributed by atoms with Crippen molar-refractivity contribution < 1.29 is 14.4 Å². The number of hydrogen-bond acceptors (Lipinski definition) is 6. The van der Waals surface area contributed by atoms with E-state index in [0.717, 1.165) is 29.0 Å². The number of aromatic nitrogens is 1. The van der Waals surface area contributed by atoms with Gasteiger partial charge in [-0.2, -0.15) is 0 Å². The van der Waals surface area contributed by atoms with Crippen LogP contribution in [0.5, 0.6) is 0 Å². The highest BCUT2D eigenvalue weighted by molar-refractivity contribution is 8.13. The van der Waals surface area contributed by atoms with Gasteiger partial charge in [0.1, 0.15) is 0 Å². The lowest BCUT2D eigenvalue weighted by molar-refractivity contribution is -0.119. The molecule has 0 bridgehead atoms. The van der Waals surface area contributed by atoms with Gasteiger partial charge in [-0.05, 0) is 12.0 Å². The van der Waals surface area contributed by atoms with Crippen molar-refractivity contribution in [3.8, 4) is 11.3 Å². The Morgan fingerprint density at radius 3 is 2.71 bits per heavy atom. The van der Waals surface area contributed by atoms with Gasteiger partial charge in [-0.25, -0.2) is 4.98 Å². The zero-order valence-corrected chi connectivity index (χ0v) is 17.2. The molecule has 1 aromatic carbocycles. The maximum atomic E-state index is 12.1. The van der Waals surface area contributed by atoms with Crippen LogP contribution in [0, 0.1) is 0 Å². The van der Waals surface area contributed by atoms with Crippen LogP contribution in [0.1, 0.15) is 18.9 Å². The second-order valence-electron chi connectivity index (χ2n) is 6.37. The Morgan fingerprint density at radius 2 is 2.04 bits per heavy atom. The number of anilines is 1. The van der Waals surface area contributed by atoms with Crippen LogP contribution in [0.15, 0.2) is 29.6 Å². The van der Waals surface area contributed by atoms with Gasteiger partial charge in [0.2, 0.25) is 11.8 Å². The first-order chi connectivity index (χ1) is 13.5. The summed E-state index contributed by atoms with van der Waals surface area (Å²) < 4.78 is 0. The van der Waals surface area contributed by atoms with Gasteiger partial charge < -0.3 is 15.5 Å². The summed E-state index contributed by atoms with van der Waals surface area (Å²) in [7, 11) is 0. The third-order valence-corrected chi connectivity index (χ3v) is 5.89. The Hall–Kier alpha value is -2.39. The highest BCUT2D eigenvalue weighted by Gasteiger charge is 2.21. The van der Waals surface area contributed by atoms with Gasteiger partial charge in [-0.1, -0.05) is 36.0 Å². The molecule has 0 atom stereocenters. The number of nitrogens with zero attached hydrogens (tertiary/aromatic N) is 2. The lowest BCUT2D eigenvalue weighted by Gasteiger charge is -2.13. The molecule has 0 unspecified atom stereocenters. The van der Waals surface area contributed by atoms with E-state index in [2.05, 4.69) is 15.6 Å². The van der Waals surface area contributed by atoms with Crippen LogP contribution in [-0.2, 0) is 16.0 Å². The summed E-state index contributed by atoms with van der Waals surface area (Å²) in [5, 5.41) is 8.09.